The number of anilines is 1. The molecule has 1 heterocycles. The van der Waals surface area contributed by atoms with E-state index in [1.165, 1.54) is 0 Å². The van der Waals surface area contributed by atoms with Gasteiger partial charge in [0.1, 0.15) is 0 Å². The molecule has 2 aromatic rings. The maximum Gasteiger partial charge on any atom is 0.167 e. The number of fused-ring (bicyclic) bond motifs is 1. The zero-order valence-corrected chi connectivity index (χ0v) is 7.79. The average Bonchev–Trinajstić information content (AvgIpc) is 2.49. The van der Waals surface area contributed by atoms with E-state index >= 15 is 0 Å². The van der Waals surface area contributed by atoms with Gasteiger partial charge >= 0.3 is 0 Å². The molecule has 0 saturated carbocycles. The number of nitrogens with one attached hydrogen (secondary N) is 1. The summed E-state index contributed by atoms with van der Waals surface area (Å²) < 4.78 is 5.10. The number of benzene rings is 1. The van der Waals surface area contributed by atoms with Gasteiger partial charge in [0.15, 0.2) is 5.58 Å². The van der Waals surface area contributed by atoms with Crippen LogP contribution in [-0.2, 0) is 0 Å². The largest absolute Gasteiger partial charge is 0.385 e. The van der Waals surface area contributed by atoms with Gasteiger partial charge in [0.25, 0.3) is 0 Å². The fourth-order valence-corrected chi connectivity index (χ4v) is 1.37. The Balaban J connectivity index is 2.53. The van der Waals surface area contributed by atoms with Gasteiger partial charge in [-0.15, -0.1) is 0 Å². The predicted molar refractivity (Wildman–Crippen MR) is 52.9 cm³/mol. The maximum atomic E-state index is 5.10. The Morgan fingerprint density at radius 2 is 2.31 bits per heavy atom. The maximum absolute atomic E-state index is 5.10. The molecule has 0 radical (unpaired) electrons. The molecular formula is C10H12N2O. The lowest BCUT2D eigenvalue weighted by molar-refractivity contribution is 0.450. The van der Waals surface area contributed by atoms with Gasteiger partial charge in [-0.2, -0.15) is 0 Å². The van der Waals surface area contributed by atoms with Crippen LogP contribution >= 0.6 is 0 Å². The van der Waals surface area contributed by atoms with Gasteiger partial charge in [0.05, 0.1) is 5.69 Å². The molecule has 0 unspecified atom stereocenters. The first-order valence-corrected chi connectivity index (χ1v) is 4.41. The lowest BCUT2D eigenvalue weighted by atomic mass is 10.2. The normalized spacial score (nSPS) is 10.6. The van der Waals surface area contributed by atoms with Crippen molar-refractivity contribution in [1.29, 1.82) is 0 Å². The summed E-state index contributed by atoms with van der Waals surface area (Å²) >= 11 is 0. The molecule has 0 aliphatic rings. The van der Waals surface area contributed by atoms with Crippen molar-refractivity contribution in [3.63, 3.8) is 0 Å². The fraction of sp³-hybridized carbons (Fsp3) is 0.300. The Bertz CT molecular complexity index is 420. The smallest absolute Gasteiger partial charge is 0.167 e. The summed E-state index contributed by atoms with van der Waals surface area (Å²) in [5.74, 6) is 0. The van der Waals surface area contributed by atoms with Crippen molar-refractivity contribution in [2.24, 2.45) is 0 Å². The highest BCUT2D eigenvalue weighted by atomic mass is 16.5. The molecule has 1 N–H and O–H groups in total. The van der Waals surface area contributed by atoms with Gasteiger partial charge in [-0.25, -0.2) is 0 Å². The van der Waals surface area contributed by atoms with E-state index in [9.17, 15) is 0 Å². The van der Waals surface area contributed by atoms with Crippen LogP contribution in [0.4, 0.5) is 5.69 Å². The van der Waals surface area contributed by atoms with Crippen molar-refractivity contribution in [2.75, 3.05) is 11.9 Å². The van der Waals surface area contributed by atoms with Crippen LogP contribution in [0.1, 0.15) is 12.6 Å². The zero-order chi connectivity index (χ0) is 9.26. The number of aromatic nitrogens is 1. The molecule has 0 spiro atoms. The standard InChI is InChI=1S/C10H12N2O/c1-3-11-8-4-5-10-9(6-8)7(2)12-13-10/h4-6,11H,3H2,1-2H3. The van der Waals surface area contributed by atoms with Crippen LogP contribution < -0.4 is 5.32 Å². The second-order valence-corrected chi connectivity index (χ2v) is 3.01. The van der Waals surface area contributed by atoms with E-state index < -0.39 is 0 Å². The summed E-state index contributed by atoms with van der Waals surface area (Å²) in [5.41, 5.74) is 2.90. The third-order valence-electron chi connectivity index (χ3n) is 2.03. The van der Waals surface area contributed by atoms with Gasteiger partial charge in [0.2, 0.25) is 0 Å². The summed E-state index contributed by atoms with van der Waals surface area (Å²) in [6.45, 7) is 4.95. The molecular weight excluding hydrogens is 164 g/mol. The van der Waals surface area contributed by atoms with Crippen molar-refractivity contribution in [1.82, 2.24) is 5.16 Å². The molecule has 13 heavy (non-hydrogen) atoms. The molecule has 3 nitrogen and oxygen atoms in total. The van der Waals surface area contributed by atoms with E-state index in [-0.39, 0.29) is 0 Å². The Morgan fingerprint density at radius 3 is 3.08 bits per heavy atom. The molecule has 68 valence electrons. The average molecular weight is 176 g/mol. The Kier molecular flexibility index (Phi) is 1.93. The Morgan fingerprint density at radius 1 is 1.46 bits per heavy atom. The monoisotopic (exact) mass is 176 g/mol. The number of nitrogens with zero attached hydrogens (tertiary/aromatic N) is 1. The lowest BCUT2D eigenvalue weighted by Gasteiger charge is -2.01. The number of rotatable bonds is 2. The van der Waals surface area contributed by atoms with E-state index in [1.807, 2.05) is 19.1 Å². The SMILES string of the molecule is CCNc1ccc2onc(C)c2c1. The minimum absolute atomic E-state index is 0.846. The zero-order valence-electron chi connectivity index (χ0n) is 7.79. The first-order chi connectivity index (χ1) is 6.31. The van der Waals surface area contributed by atoms with Crippen LogP contribution in [-0.4, -0.2) is 11.7 Å². The highest BCUT2D eigenvalue weighted by Crippen LogP contribution is 2.21. The van der Waals surface area contributed by atoms with Crippen LogP contribution in [0.2, 0.25) is 0 Å². The Hall–Kier alpha value is -1.51. The predicted octanol–water partition coefficient (Wildman–Crippen LogP) is 2.57. The van der Waals surface area contributed by atoms with Crippen LogP contribution in [0.25, 0.3) is 11.0 Å². The van der Waals surface area contributed by atoms with E-state index in [0.29, 0.717) is 0 Å². The molecule has 0 aliphatic heterocycles. The van der Waals surface area contributed by atoms with Crippen molar-refractivity contribution < 1.29 is 4.52 Å². The third kappa shape index (κ3) is 1.37. The summed E-state index contributed by atoms with van der Waals surface area (Å²) in [7, 11) is 0. The highest BCUT2D eigenvalue weighted by molar-refractivity contribution is 5.82. The third-order valence-corrected chi connectivity index (χ3v) is 2.03. The molecule has 0 amide bonds. The van der Waals surface area contributed by atoms with Crippen molar-refractivity contribution >= 4 is 16.7 Å². The minimum Gasteiger partial charge on any atom is -0.385 e. The lowest BCUT2D eigenvalue weighted by Crippen LogP contribution is -1.95. The second kappa shape index (κ2) is 3.09. The van der Waals surface area contributed by atoms with E-state index in [0.717, 1.165) is 28.9 Å². The molecule has 3 heteroatoms. The fourth-order valence-electron chi connectivity index (χ4n) is 1.37. The van der Waals surface area contributed by atoms with Crippen molar-refractivity contribution in [2.45, 2.75) is 13.8 Å². The summed E-state index contributed by atoms with van der Waals surface area (Å²) in [6, 6.07) is 5.99. The number of hydrogen-bond acceptors (Lipinski definition) is 3. The second-order valence-electron chi connectivity index (χ2n) is 3.01. The van der Waals surface area contributed by atoms with E-state index in [4.69, 9.17) is 4.52 Å². The summed E-state index contributed by atoms with van der Waals surface area (Å²) in [6.07, 6.45) is 0. The molecule has 0 fully saturated rings. The molecule has 1 aromatic carbocycles. The van der Waals surface area contributed by atoms with Crippen molar-refractivity contribution in [3.8, 4) is 0 Å². The number of aryl methyl sites for hydroxylation is 1. The van der Waals surface area contributed by atoms with E-state index in [1.54, 1.807) is 0 Å². The first-order valence-electron chi connectivity index (χ1n) is 4.41. The Labute approximate surface area is 76.7 Å². The molecule has 2 rings (SSSR count). The highest BCUT2D eigenvalue weighted by Gasteiger charge is 2.03. The van der Waals surface area contributed by atoms with Gasteiger partial charge in [0, 0.05) is 17.6 Å². The van der Waals surface area contributed by atoms with Crippen LogP contribution in [0.5, 0.6) is 0 Å². The molecule has 0 saturated heterocycles. The first kappa shape index (κ1) is 8.10. The van der Waals surface area contributed by atoms with E-state index in [2.05, 4.69) is 23.5 Å². The van der Waals surface area contributed by atoms with Gasteiger partial charge in [-0.3, -0.25) is 0 Å². The van der Waals surface area contributed by atoms with Crippen LogP contribution in [0.15, 0.2) is 22.7 Å². The van der Waals surface area contributed by atoms with Gasteiger partial charge in [-0.05, 0) is 32.0 Å². The number of hydrogen-bond donors (Lipinski definition) is 1. The molecule has 1 aromatic heterocycles. The van der Waals surface area contributed by atoms with Gasteiger partial charge < -0.3 is 9.84 Å². The quantitative estimate of drug-likeness (QED) is 0.764. The van der Waals surface area contributed by atoms with Crippen LogP contribution in [0, 0.1) is 6.92 Å². The summed E-state index contributed by atoms with van der Waals surface area (Å²) in [4.78, 5) is 0. The summed E-state index contributed by atoms with van der Waals surface area (Å²) in [5, 5.41) is 8.22. The molecule has 0 bridgehead atoms. The van der Waals surface area contributed by atoms with Crippen molar-refractivity contribution in [3.05, 3.63) is 23.9 Å². The molecule has 0 atom stereocenters. The topological polar surface area (TPSA) is 38.1 Å². The van der Waals surface area contributed by atoms with Gasteiger partial charge in [-0.1, -0.05) is 5.16 Å². The minimum atomic E-state index is 0.846. The van der Waals surface area contributed by atoms with Crippen LogP contribution in [0.3, 0.4) is 0 Å². The molecule has 0 aliphatic carbocycles.